The normalized spacial score (nSPS) is 14.4. The maximum absolute atomic E-state index is 6.56. The summed E-state index contributed by atoms with van der Waals surface area (Å²) in [5, 5.41) is 6.56. The van der Waals surface area contributed by atoms with Gasteiger partial charge in [-0.05, 0) is 24.1 Å². The Morgan fingerprint density at radius 3 is 1.86 bits per heavy atom. The molecule has 0 heterocycles. The Kier molecular flexibility index (Phi) is 7.56. The van der Waals surface area contributed by atoms with Crippen molar-refractivity contribution in [2.45, 2.75) is 71.5 Å². The van der Waals surface area contributed by atoms with E-state index >= 15 is 0 Å². The van der Waals surface area contributed by atoms with Crippen molar-refractivity contribution >= 4 is 8.24 Å². The van der Waals surface area contributed by atoms with Crippen LogP contribution in [0.25, 0.3) is 0 Å². The first-order chi connectivity index (χ1) is 6.58. The Morgan fingerprint density at radius 1 is 1.00 bits per heavy atom. The van der Waals surface area contributed by atoms with E-state index in [9.17, 15) is 0 Å². The topological polar surface area (TPSA) is 26.0 Å². The maximum Gasteiger partial charge on any atom is 0.123 e. The van der Waals surface area contributed by atoms with Crippen LogP contribution >= 0.6 is 0 Å². The van der Waals surface area contributed by atoms with Gasteiger partial charge in [-0.15, -0.1) is 0 Å². The molecular formula is C12H29NSi. The first-order valence-electron chi connectivity index (χ1n) is 6.36. The Bertz CT molecular complexity index is 130. The smallest absolute Gasteiger partial charge is 0.123 e. The molecule has 1 unspecified atom stereocenters. The van der Waals surface area contributed by atoms with Gasteiger partial charge in [0, 0.05) is 0 Å². The molecule has 0 spiro atoms. The largest absolute Gasteiger partial charge is 0.351 e. The predicted molar refractivity (Wildman–Crippen MR) is 69.0 cm³/mol. The average Bonchev–Trinajstić information content (AvgIpc) is 2.15. The Balaban J connectivity index is 3.94. The van der Waals surface area contributed by atoms with E-state index in [1.165, 1.54) is 43.8 Å². The third-order valence-corrected chi connectivity index (χ3v) is 7.60. The first-order valence-corrected chi connectivity index (χ1v) is 9.06. The van der Waals surface area contributed by atoms with Crippen LogP contribution in [-0.4, -0.2) is 8.24 Å². The van der Waals surface area contributed by atoms with Gasteiger partial charge in [-0.25, -0.2) is 0 Å². The summed E-state index contributed by atoms with van der Waals surface area (Å²) in [7, 11) is -1.33. The van der Waals surface area contributed by atoms with Crippen LogP contribution in [0.4, 0.5) is 0 Å². The van der Waals surface area contributed by atoms with E-state index in [-0.39, 0.29) is 0 Å². The summed E-state index contributed by atoms with van der Waals surface area (Å²) in [6, 6.07) is 4.01. The van der Waals surface area contributed by atoms with Gasteiger partial charge in [0.2, 0.25) is 0 Å². The fraction of sp³-hybridized carbons (Fsp3) is 1.00. The van der Waals surface area contributed by atoms with E-state index in [1.807, 2.05) is 0 Å². The van der Waals surface area contributed by atoms with Crippen molar-refractivity contribution in [1.82, 2.24) is 0 Å². The van der Waals surface area contributed by atoms with Crippen molar-refractivity contribution in [3.63, 3.8) is 0 Å². The zero-order valence-electron chi connectivity index (χ0n) is 10.6. The first kappa shape index (κ1) is 14.2. The lowest BCUT2D eigenvalue weighted by molar-refractivity contribution is 0.538. The molecule has 0 aliphatic rings. The molecule has 1 nitrogen and oxygen atoms in total. The molecule has 0 saturated heterocycles. The van der Waals surface area contributed by atoms with Crippen LogP contribution < -0.4 is 5.40 Å². The van der Waals surface area contributed by atoms with Crippen molar-refractivity contribution in [2.75, 3.05) is 0 Å². The summed E-state index contributed by atoms with van der Waals surface area (Å²) in [5.74, 6) is 0.874. The summed E-state index contributed by atoms with van der Waals surface area (Å²) in [6.45, 7) is 9.18. The SMILES string of the molecule is CCC[Si](N)(CCC)CCC(C)CC. The van der Waals surface area contributed by atoms with Gasteiger partial charge in [0.05, 0.1) is 0 Å². The Morgan fingerprint density at radius 2 is 1.50 bits per heavy atom. The predicted octanol–water partition coefficient (Wildman–Crippen LogP) is 4.15. The summed E-state index contributed by atoms with van der Waals surface area (Å²) >= 11 is 0. The molecule has 0 rings (SSSR count). The quantitative estimate of drug-likeness (QED) is 0.605. The minimum atomic E-state index is -1.33. The third-order valence-electron chi connectivity index (χ3n) is 3.33. The van der Waals surface area contributed by atoms with Gasteiger partial charge in [-0.3, -0.25) is 0 Å². The van der Waals surface area contributed by atoms with Crippen LogP contribution in [0.1, 0.15) is 53.4 Å². The van der Waals surface area contributed by atoms with E-state index in [1.54, 1.807) is 0 Å². The summed E-state index contributed by atoms with van der Waals surface area (Å²) < 4.78 is 0. The number of hydrogen-bond acceptors (Lipinski definition) is 1. The number of hydrogen-bond donors (Lipinski definition) is 1. The highest BCUT2D eigenvalue weighted by Crippen LogP contribution is 2.23. The summed E-state index contributed by atoms with van der Waals surface area (Å²) in [6.07, 6.45) is 5.23. The second-order valence-corrected chi connectivity index (χ2v) is 9.14. The molecule has 0 bridgehead atoms. The molecule has 86 valence electrons. The van der Waals surface area contributed by atoms with Gasteiger partial charge in [0.25, 0.3) is 0 Å². The Labute approximate surface area is 91.6 Å². The third kappa shape index (κ3) is 5.81. The van der Waals surface area contributed by atoms with Crippen LogP contribution in [0.5, 0.6) is 0 Å². The second kappa shape index (κ2) is 7.47. The van der Waals surface area contributed by atoms with Gasteiger partial charge >= 0.3 is 0 Å². The van der Waals surface area contributed by atoms with Crippen molar-refractivity contribution in [3.05, 3.63) is 0 Å². The van der Waals surface area contributed by atoms with Crippen LogP contribution in [0.2, 0.25) is 18.1 Å². The highest BCUT2D eigenvalue weighted by Gasteiger charge is 2.26. The molecule has 1 atom stereocenters. The highest BCUT2D eigenvalue weighted by molar-refractivity contribution is 6.76. The second-order valence-electron chi connectivity index (χ2n) is 4.91. The molecule has 0 aliphatic heterocycles. The fourth-order valence-corrected chi connectivity index (χ4v) is 5.92. The molecule has 2 N–H and O–H groups in total. The molecule has 0 aromatic carbocycles. The molecule has 2 heteroatoms. The van der Waals surface area contributed by atoms with Crippen LogP contribution in [-0.2, 0) is 0 Å². The monoisotopic (exact) mass is 215 g/mol. The minimum Gasteiger partial charge on any atom is -0.351 e. The van der Waals surface area contributed by atoms with E-state index < -0.39 is 8.24 Å². The molecule has 0 aliphatic carbocycles. The van der Waals surface area contributed by atoms with Crippen molar-refractivity contribution in [3.8, 4) is 0 Å². The zero-order chi connectivity index (χ0) is 11.0. The molecule has 0 saturated carbocycles. The maximum atomic E-state index is 6.56. The van der Waals surface area contributed by atoms with Gasteiger partial charge < -0.3 is 5.40 Å². The molecule has 0 aromatic rings. The number of rotatable bonds is 8. The van der Waals surface area contributed by atoms with Gasteiger partial charge in [-0.2, -0.15) is 0 Å². The standard InChI is InChI=1S/C12H29NSi/c1-5-9-14(13,10-6-2)11-8-12(4)7-3/h12H,5-11,13H2,1-4H3. The van der Waals surface area contributed by atoms with Crippen molar-refractivity contribution < 1.29 is 0 Å². The van der Waals surface area contributed by atoms with E-state index in [0.29, 0.717) is 0 Å². The van der Waals surface area contributed by atoms with E-state index in [4.69, 9.17) is 5.40 Å². The van der Waals surface area contributed by atoms with Crippen molar-refractivity contribution in [2.24, 2.45) is 11.3 Å². The highest BCUT2D eigenvalue weighted by atomic mass is 28.3. The van der Waals surface area contributed by atoms with Gasteiger partial charge in [0.15, 0.2) is 0 Å². The molecule has 0 aromatic heterocycles. The van der Waals surface area contributed by atoms with Crippen LogP contribution in [0.3, 0.4) is 0 Å². The minimum absolute atomic E-state index is 0.874. The summed E-state index contributed by atoms with van der Waals surface area (Å²) in [5.41, 5.74) is 0. The number of nitrogens with two attached hydrogens (primary N) is 1. The molecule has 0 radical (unpaired) electrons. The van der Waals surface area contributed by atoms with Gasteiger partial charge in [-0.1, -0.05) is 53.4 Å². The molecule has 14 heavy (non-hydrogen) atoms. The van der Waals surface area contributed by atoms with E-state index in [2.05, 4.69) is 27.7 Å². The van der Waals surface area contributed by atoms with E-state index in [0.717, 1.165) is 5.92 Å². The van der Waals surface area contributed by atoms with Gasteiger partial charge in [0.1, 0.15) is 8.24 Å². The lowest BCUT2D eigenvalue weighted by Crippen LogP contribution is -2.45. The summed E-state index contributed by atoms with van der Waals surface area (Å²) in [4.78, 5) is 0. The van der Waals surface area contributed by atoms with Crippen molar-refractivity contribution in [1.29, 1.82) is 0 Å². The Hall–Kier alpha value is 0.177. The van der Waals surface area contributed by atoms with Crippen LogP contribution in [0, 0.1) is 5.92 Å². The van der Waals surface area contributed by atoms with Crippen LogP contribution in [0.15, 0.2) is 0 Å². The average molecular weight is 215 g/mol. The zero-order valence-corrected chi connectivity index (χ0v) is 11.6. The fourth-order valence-electron chi connectivity index (χ4n) is 2.11. The lowest BCUT2D eigenvalue weighted by Gasteiger charge is -2.27. The molecular weight excluding hydrogens is 186 g/mol. The molecule has 0 fully saturated rings. The molecule has 0 amide bonds. The lowest BCUT2D eigenvalue weighted by atomic mass is 10.1.